The van der Waals surface area contributed by atoms with E-state index in [2.05, 4.69) is 0 Å². The topological polar surface area (TPSA) is 59.1 Å². The highest BCUT2D eigenvalue weighted by Gasteiger charge is 2.24. The van der Waals surface area contributed by atoms with Crippen LogP contribution in [-0.2, 0) is 20.5 Å². The van der Waals surface area contributed by atoms with E-state index in [1.165, 1.54) is 4.31 Å². The van der Waals surface area contributed by atoms with E-state index < -0.39 is 10.0 Å². The fourth-order valence-corrected chi connectivity index (χ4v) is 3.58. The van der Waals surface area contributed by atoms with Crippen molar-refractivity contribution in [2.24, 2.45) is 0 Å². The number of ether oxygens (including phenoxy) is 2. The summed E-state index contributed by atoms with van der Waals surface area (Å²) in [6, 6.07) is 14.6. The maximum atomic E-state index is 12.6. The molecule has 0 aromatic heterocycles. The molecule has 1 fully saturated rings. The molecule has 0 N–H and O–H groups in total. The molecule has 2 aromatic carbocycles. The lowest BCUT2D eigenvalue weighted by atomic mass is 10.1. The molecule has 1 unspecified atom stereocenters. The molecule has 6 heteroatoms. The van der Waals surface area contributed by atoms with Gasteiger partial charge in [-0.3, -0.25) is 4.31 Å². The minimum atomic E-state index is -3.46. The fourth-order valence-electron chi connectivity index (χ4n) is 2.34. The molecule has 1 aliphatic heterocycles. The molecule has 0 amide bonds. The average Bonchev–Trinajstić information content (AvgIpc) is 3.39. The van der Waals surface area contributed by atoms with Crippen LogP contribution < -0.4 is 9.04 Å². The molecule has 1 aliphatic rings. The van der Waals surface area contributed by atoms with Crippen LogP contribution in [0.4, 0.5) is 5.69 Å². The molecule has 128 valence electrons. The number of rotatable bonds is 7. The van der Waals surface area contributed by atoms with Gasteiger partial charge >= 0.3 is 0 Å². The van der Waals surface area contributed by atoms with Crippen LogP contribution in [0, 0.1) is 6.92 Å². The molecular weight excluding hydrogens is 326 g/mol. The van der Waals surface area contributed by atoms with E-state index in [0.717, 1.165) is 12.2 Å². The second kappa shape index (κ2) is 6.83. The summed E-state index contributed by atoms with van der Waals surface area (Å²) in [4.78, 5) is 0. The van der Waals surface area contributed by atoms with Gasteiger partial charge in [0, 0.05) is 7.05 Å². The smallest absolute Gasteiger partial charge is 0.239 e. The second-order valence-corrected chi connectivity index (χ2v) is 7.93. The molecule has 3 rings (SSSR count). The van der Waals surface area contributed by atoms with E-state index in [4.69, 9.17) is 9.47 Å². The molecule has 1 saturated heterocycles. The first kappa shape index (κ1) is 16.8. The third kappa shape index (κ3) is 4.07. The molecule has 0 spiro atoms. The Hall–Kier alpha value is -2.05. The van der Waals surface area contributed by atoms with Gasteiger partial charge in [-0.05, 0) is 36.2 Å². The molecule has 0 saturated carbocycles. The largest absolute Gasteiger partial charge is 0.491 e. The molecule has 0 bridgehead atoms. The Labute approximate surface area is 142 Å². The van der Waals surface area contributed by atoms with Crippen molar-refractivity contribution < 1.29 is 17.9 Å². The number of anilines is 1. The Bertz CT molecular complexity index is 801. The summed E-state index contributed by atoms with van der Waals surface area (Å²) < 4.78 is 37.4. The van der Waals surface area contributed by atoms with Crippen molar-refractivity contribution in [3.63, 3.8) is 0 Å². The number of epoxide rings is 1. The van der Waals surface area contributed by atoms with Crippen LogP contribution in [-0.4, -0.2) is 34.8 Å². The normalized spacial score (nSPS) is 16.7. The number of benzene rings is 2. The summed E-state index contributed by atoms with van der Waals surface area (Å²) >= 11 is 0. The van der Waals surface area contributed by atoms with Crippen molar-refractivity contribution >= 4 is 15.7 Å². The Kier molecular flexibility index (Phi) is 4.78. The highest BCUT2D eigenvalue weighted by Crippen LogP contribution is 2.24. The van der Waals surface area contributed by atoms with Crippen molar-refractivity contribution in [1.29, 1.82) is 0 Å². The number of para-hydroxylation sites is 1. The number of hydrogen-bond donors (Lipinski definition) is 0. The van der Waals surface area contributed by atoms with E-state index >= 15 is 0 Å². The van der Waals surface area contributed by atoms with Gasteiger partial charge in [0.05, 0.1) is 18.0 Å². The van der Waals surface area contributed by atoms with Crippen LogP contribution in [0.2, 0.25) is 0 Å². The zero-order valence-electron chi connectivity index (χ0n) is 13.8. The van der Waals surface area contributed by atoms with Gasteiger partial charge in [-0.15, -0.1) is 0 Å². The first-order valence-corrected chi connectivity index (χ1v) is 9.42. The number of hydrogen-bond acceptors (Lipinski definition) is 4. The lowest BCUT2D eigenvalue weighted by Crippen LogP contribution is -2.27. The van der Waals surface area contributed by atoms with Crippen LogP contribution >= 0.6 is 0 Å². The van der Waals surface area contributed by atoms with Crippen molar-refractivity contribution in [1.82, 2.24) is 0 Å². The van der Waals surface area contributed by atoms with Gasteiger partial charge in [0.2, 0.25) is 10.0 Å². The Morgan fingerprint density at radius 2 is 1.92 bits per heavy atom. The predicted molar refractivity (Wildman–Crippen MR) is 93.9 cm³/mol. The van der Waals surface area contributed by atoms with Gasteiger partial charge in [-0.1, -0.05) is 30.3 Å². The summed E-state index contributed by atoms with van der Waals surface area (Å²) in [6.07, 6.45) is 0.168. The molecule has 1 heterocycles. The third-order valence-corrected chi connectivity index (χ3v) is 5.71. The van der Waals surface area contributed by atoms with Crippen molar-refractivity contribution in [2.75, 3.05) is 24.6 Å². The lowest BCUT2D eigenvalue weighted by Gasteiger charge is -2.20. The van der Waals surface area contributed by atoms with Crippen molar-refractivity contribution in [2.45, 2.75) is 18.8 Å². The molecule has 0 radical (unpaired) electrons. The maximum Gasteiger partial charge on any atom is 0.239 e. The fraction of sp³-hybridized carbons (Fsp3) is 0.333. The van der Waals surface area contributed by atoms with Crippen LogP contribution in [0.3, 0.4) is 0 Å². The Morgan fingerprint density at radius 1 is 1.21 bits per heavy atom. The lowest BCUT2D eigenvalue weighted by molar-refractivity contribution is 0.261. The summed E-state index contributed by atoms with van der Waals surface area (Å²) in [5.74, 6) is 0.634. The molecule has 1 atom stereocenters. The minimum Gasteiger partial charge on any atom is -0.491 e. The van der Waals surface area contributed by atoms with E-state index in [1.54, 1.807) is 25.2 Å². The van der Waals surface area contributed by atoms with E-state index in [0.29, 0.717) is 23.6 Å². The van der Waals surface area contributed by atoms with E-state index in [-0.39, 0.29) is 11.9 Å². The molecular formula is C18H21NO4S. The maximum absolute atomic E-state index is 12.6. The number of nitrogens with zero attached hydrogens (tertiary/aromatic N) is 1. The zero-order chi connectivity index (χ0) is 17.2. The predicted octanol–water partition coefficient (Wildman–Crippen LogP) is 2.74. The van der Waals surface area contributed by atoms with Gasteiger partial charge < -0.3 is 9.47 Å². The second-order valence-electron chi connectivity index (χ2n) is 5.93. The number of aryl methyl sites for hydroxylation is 1. The first-order valence-electron chi connectivity index (χ1n) is 7.81. The molecule has 5 nitrogen and oxygen atoms in total. The average molecular weight is 347 g/mol. The van der Waals surface area contributed by atoms with Crippen molar-refractivity contribution in [3.8, 4) is 5.75 Å². The molecule has 0 aliphatic carbocycles. The van der Waals surface area contributed by atoms with Crippen LogP contribution in [0.15, 0.2) is 48.5 Å². The molecule has 2 aromatic rings. The van der Waals surface area contributed by atoms with Gasteiger partial charge in [0.25, 0.3) is 0 Å². The van der Waals surface area contributed by atoms with E-state index in [1.807, 2.05) is 37.3 Å². The Balaban J connectivity index is 1.75. The van der Waals surface area contributed by atoms with Gasteiger partial charge in [-0.2, -0.15) is 0 Å². The molecule has 24 heavy (non-hydrogen) atoms. The summed E-state index contributed by atoms with van der Waals surface area (Å²) in [5, 5.41) is 0. The quantitative estimate of drug-likeness (QED) is 0.723. The van der Waals surface area contributed by atoms with Gasteiger partial charge in [-0.25, -0.2) is 8.42 Å². The zero-order valence-corrected chi connectivity index (χ0v) is 14.6. The van der Waals surface area contributed by atoms with E-state index in [9.17, 15) is 8.42 Å². The third-order valence-electron chi connectivity index (χ3n) is 3.97. The Morgan fingerprint density at radius 3 is 2.58 bits per heavy atom. The summed E-state index contributed by atoms with van der Waals surface area (Å²) in [6.45, 7) is 3.17. The highest BCUT2D eigenvalue weighted by molar-refractivity contribution is 7.92. The van der Waals surface area contributed by atoms with Crippen molar-refractivity contribution in [3.05, 3.63) is 59.7 Å². The summed E-state index contributed by atoms with van der Waals surface area (Å²) in [5.41, 5.74) is 2.33. The standard InChI is InChI=1S/C18H21NO4S/c1-14-8-9-15(10-18(14)23-12-17-11-22-17)13-24(20,21)19(2)16-6-4-3-5-7-16/h3-10,17H,11-13H2,1-2H3. The monoisotopic (exact) mass is 347 g/mol. The minimum absolute atomic E-state index is 0.0744. The first-order chi connectivity index (χ1) is 11.5. The van der Waals surface area contributed by atoms with Gasteiger partial charge in [0.1, 0.15) is 18.5 Å². The number of sulfonamides is 1. The van der Waals surface area contributed by atoms with Gasteiger partial charge in [0.15, 0.2) is 0 Å². The van der Waals surface area contributed by atoms with Crippen LogP contribution in [0.25, 0.3) is 0 Å². The van der Waals surface area contributed by atoms with Crippen LogP contribution in [0.5, 0.6) is 5.75 Å². The van der Waals surface area contributed by atoms with Crippen LogP contribution in [0.1, 0.15) is 11.1 Å². The highest BCUT2D eigenvalue weighted by atomic mass is 32.2. The summed E-state index contributed by atoms with van der Waals surface area (Å²) in [7, 11) is -1.89. The SMILES string of the molecule is Cc1ccc(CS(=O)(=O)N(C)c2ccccc2)cc1OCC1CO1.